The molecule has 13 heavy (non-hydrogen) atoms. The third kappa shape index (κ3) is 1.97. The summed E-state index contributed by atoms with van der Waals surface area (Å²) in [7, 11) is 0. The highest BCUT2D eigenvalue weighted by molar-refractivity contribution is 6.34. The van der Waals surface area contributed by atoms with Crippen LogP contribution in [-0.4, -0.2) is 17.0 Å². The van der Waals surface area contributed by atoms with Gasteiger partial charge < -0.3 is 10.8 Å². The first-order chi connectivity index (χ1) is 6.02. The van der Waals surface area contributed by atoms with E-state index in [1.165, 1.54) is 18.2 Å². The average molecular weight is 200 g/mol. The molecule has 0 aliphatic carbocycles. The van der Waals surface area contributed by atoms with Gasteiger partial charge in [0.25, 0.3) is 0 Å². The van der Waals surface area contributed by atoms with E-state index >= 15 is 0 Å². The first-order valence-corrected chi connectivity index (χ1v) is 3.73. The Kier molecular flexibility index (Phi) is 2.53. The Bertz CT molecular complexity index is 376. The number of carbonyl (C=O) groups is 2. The Morgan fingerprint density at radius 2 is 2.00 bits per heavy atom. The van der Waals surface area contributed by atoms with Crippen LogP contribution in [-0.2, 0) is 0 Å². The van der Waals surface area contributed by atoms with E-state index < -0.39 is 11.9 Å². The quantitative estimate of drug-likeness (QED) is 0.750. The molecule has 0 bridgehead atoms. The fraction of sp³-hybridized carbons (Fsp3) is 0. The van der Waals surface area contributed by atoms with Gasteiger partial charge in [0.1, 0.15) is 0 Å². The molecule has 0 atom stereocenters. The van der Waals surface area contributed by atoms with Gasteiger partial charge in [-0.2, -0.15) is 0 Å². The van der Waals surface area contributed by atoms with Gasteiger partial charge in [-0.1, -0.05) is 11.6 Å². The summed E-state index contributed by atoms with van der Waals surface area (Å²) in [5.74, 6) is -1.78. The van der Waals surface area contributed by atoms with Gasteiger partial charge >= 0.3 is 5.97 Å². The highest BCUT2D eigenvalue weighted by Gasteiger charge is 2.09. The molecule has 0 heterocycles. The Balaban J connectivity index is 3.20. The van der Waals surface area contributed by atoms with Crippen molar-refractivity contribution in [3.05, 3.63) is 34.3 Å². The zero-order valence-electron chi connectivity index (χ0n) is 6.45. The fourth-order valence-electron chi connectivity index (χ4n) is 0.848. The first-order valence-electron chi connectivity index (χ1n) is 3.35. The summed E-state index contributed by atoms with van der Waals surface area (Å²) in [5.41, 5.74) is 5.11. The monoisotopic (exact) mass is 199 g/mol. The normalized spacial score (nSPS) is 9.62. The zero-order chi connectivity index (χ0) is 10.0. The summed E-state index contributed by atoms with van der Waals surface area (Å²) in [4.78, 5) is 21.2. The lowest BCUT2D eigenvalue weighted by Gasteiger charge is -2.00. The predicted octanol–water partition coefficient (Wildman–Crippen LogP) is 1.14. The highest BCUT2D eigenvalue weighted by atomic mass is 35.5. The van der Waals surface area contributed by atoms with Gasteiger partial charge in [-0.15, -0.1) is 0 Å². The topological polar surface area (TPSA) is 80.4 Å². The number of hydrogen-bond acceptors (Lipinski definition) is 2. The van der Waals surface area contributed by atoms with Crippen molar-refractivity contribution in [1.82, 2.24) is 0 Å². The van der Waals surface area contributed by atoms with Crippen LogP contribution < -0.4 is 5.73 Å². The van der Waals surface area contributed by atoms with Crippen molar-refractivity contribution in [1.29, 1.82) is 0 Å². The standard InChI is InChI=1S/C8H6ClNO3/c9-6-3-4(8(12)13)1-2-5(6)7(10)11/h1-3H,(H2,10,11)(H,12,13). The van der Waals surface area contributed by atoms with Crippen LogP contribution in [0.25, 0.3) is 0 Å². The van der Waals surface area contributed by atoms with Gasteiger partial charge in [-0.25, -0.2) is 4.79 Å². The second-order valence-corrected chi connectivity index (χ2v) is 2.77. The number of aromatic carboxylic acids is 1. The minimum atomic E-state index is -1.10. The third-order valence-electron chi connectivity index (χ3n) is 1.48. The summed E-state index contributed by atoms with van der Waals surface area (Å²) in [6.45, 7) is 0. The van der Waals surface area contributed by atoms with Crippen molar-refractivity contribution < 1.29 is 14.7 Å². The maximum absolute atomic E-state index is 10.7. The average Bonchev–Trinajstić information content (AvgIpc) is 2.03. The van der Waals surface area contributed by atoms with Crippen LogP contribution in [0.1, 0.15) is 20.7 Å². The molecule has 68 valence electrons. The zero-order valence-corrected chi connectivity index (χ0v) is 7.21. The maximum atomic E-state index is 10.7. The van der Waals surface area contributed by atoms with E-state index in [0.717, 1.165) is 0 Å². The van der Waals surface area contributed by atoms with Crippen molar-refractivity contribution >= 4 is 23.5 Å². The fourth-order valence-corrected chi connectivity index (χ4v) is 1.12. The molecular formula is C8H6ClNO3. The molecule has 1 aromatic carbocycles. The van der Waals surface area contributed by atoms with Gasteiger partial charge in [-0.3, -0.25) is 4.79 Å². The molecule has 1 rings (SSSR count). The van der Waals surface area contributed by atoms with Gasteiger partial charge in [0.2, 0.25) is 5.91 Å². The van der Waals surface area contributed by atoms with Gasteiger partial charge in [0, 0.05) is 0 Å². The molecule has 0 saturated heterocycles. The molecule has 0 radical (unpaired) electrons. The number of halogens is 1. The molecule has 0 spiro atoms. The Labute approximate surface area is 78.9 Å². The van der Waals surface area contributed by atoms with Crippen LogP contribution >= 0.6 is 11.6 Å². The number of carboxylic acid groups (broad SMARTS) is 1. The van der Waals surface area contributed by atoms with Crippen LogP contribution in [0.4, 0.5) is 0 Å². The number of benzene rings is 1. The summed E-state index contributed by atoms with van der Waals surface area (Å²) in [6, 6.07) is 3.74. The minimum absolute atomic E-state index is 0.0231. The molecule has 0 aliphatic heterocycles. The van der Waals surface area contributed by atoms with Crippen molar-refractivity contribution in [3.63, 3.8) is 0 Å². The molecule has 1 aromatic rings. The number of primary amides is 1. The molecule has 0 unspecified atom stereocenters. The first kappa shape index (κ1) is 9.54. The molecule has 0 saturated carbocycles. The largest absolute Gasteiger partial charge is 0.478 e. The number of carbonyl (C=O) groups excluding carboxylic acids is 1. The van der Waals surface area contributed by atoms with Crippen LogP contribution in [0.3, 0.4) is 0 Å². The van der Waals surface area contributed by atoms with Crippen LogP contribution in [0.5, 0.6) is 0 Å². The molecular weight excluding hydrogens is 194 g/mol. The summed E-state index contributed by atoms with van der Waals surface area (Å²) < 4.78 is 0. The van der Waals surface area contributed by atoms with E-state index in [1.54, 1.807) is 0 Å². The predicted molar refractivity (Wildman–Crippen MR) is 46.9 cm³/mol. The van der Waals surface area contributed by atoms with Crippen molar-refractivity contribution in [2.24, 2.45) is 5.73 Å². The maximum Gasteiger partial charge on any atom is 0.335 e. The summed E-state index contributed by atoms with van der Waals surface area (Å²) >= 11 is 5.60. The van der Waals surface area contributed by atoms with E-state index in [-0.39, 0.29) is 16.1 Å². The lowest BCUT2D eigenvalue weighted by atomic mass is 10.1. The van der Waals surface area contributed by atoms with E-state index in [1.807, 2.05) is 0 Å². The Morgan fingerprint density at radius 3 is 2.38 bits per heavy atom. The smallest absolute Gasteiger partial charge is 0.335 e. The third-order valence-corrected chi connectivity index (χ3v) is 1.79. The number of hydrogen-bond donors (Lipinski definition) is 2. The number of amides is 1. The Morgan fingerprint density at radius 1 is 1.38 bits per heavy atom. The molecule has 4 nitrogen and oxygen atoms in total. The molecule has 0 aromatic heterocycles. The number of nitrogens with two attached hydrogens (primary N) is 1. The van der Waals surface area contributed by atoms with Crippen molar-refractivity contribution in [2.45, 2.75) is 0 Å². The molecule has 0 fully saturated rings. The molecule has 3 N–H and O–H groups in total. The second kappa shape index (κ2) is 3.45. The summed E-state index contributed by atoms with van der Waals surface area (Å²) in [6.07, 6.45) is 0. The molecule has 1 amide bonds. The lowest BCUT2D eigenvalue weighted by Crippen LogP contribution is -2.12. The van der Waals surface area contributed by atoms with E-state index in [2.05, 4.69) is 0 Å². The van der Waals surface area contributed by atoms with E-state index in [0.29, 0.717) is 0 Å². The summed E-state index contributed by atoms with van der Waals surface area (Å²) in [5, 5.41) is 8.61. The van der Waals surface area contributed by atoms with Gasteiger partial charge in [0.15, 0.2) is 0 Å². The van der Waals surface area contributed by atoms with E-state index in [4.69, 9.17) is 22.4 Å². The highest BCUT2D eigenvalue weighted by Crippen LogP contribution is 2.17. The van der Waals surface area contributed by atoms with Crippen molar-refractivity contribution in [3.8, 4) is 0 Å². The minimum Gasteiger partial charge on any atom is -0.478 e. The van der Waals surface area contributed by atoms with E-state index in [9.17, 15) is 9.59 Å². The molecule has 5 heteroatoms. The number of carboxylic acids is 1. The van der Waals surface area contributed by atoms with Crippen molar-refractivity contribution in [2.75, 3.05) is 0 Å². The SMILES string of the molecule is NC(=O)c1ccc(C(=O)O)cc1Cl. The van der Waals surface area contributed by atoms with Crippen LogP contribution in [0.15, 0.2) is 18.2 Å². The van der Waals surface area contributed by atoms with Gasteiger partial charge in [-0.05, 0) is 18.2 Å². The molecule has 0 aliphatic rings. The van der Waals surface area contributed by atoms with Gasteiger partial charge in [0.05, 0.1) is 16.1 Å². The van der Waals surface area contributed by atoms with Crippen LogP contribution in [0.2, 0.25) is 5.02 Å². The second-order valence-electron chi connectivity index (χ2n) is 2.36. The number of rotatable bonds is 2. The van der Waals surface area contributed by atoms with Crippen LogP contribution in [0, 0.1) is 0 Å². The Hall–Kier alpha value is -1.55. The lowest BCUT2D eigenvalue weighted by molar-refractivity contribution is 0.0696.